The molecule has 0 unspecified atom stereocenters. The van der Waals surface area contributed by atoms with E-state index in [0.717, 1.165) is 29.0 Å². The van der Waals surface area contributed by atoms with Gasteiger partial charge in [0.25, 0.3) is 0 Å². The molecule has 0 atom stereocenters. The normalized spacial score (nSPS) is 35.3. The number of benzene rings is 1. The van der Waals surface area contributed by atoms with Crippen molar-refractivity contribution in [3.05, 3.63) is 35.9 Å². The van der Waals surface area contributed by atoms with E-state index >= 15 is 0 Å². The maximum absolute atomic E-state index is 12.1. The highest BCUT2D eigenvalue weighted by molar-refractivity contribution is 5.90. The van der Waals surface area contributed by atoms with Gasteiger partial charge in [0.2, 0.25) is 5.91 Å². The summed E-state index contributed by atoms with van der Waals surface area (Å²) in [7, 11) is 0. The van der Waals surface area contributed by atoms with Gasteiger partial charge in [-0.25, -0.2) is 5.43 Å². The molecule has 0 aliphatic heterocycles. The van der Waals surface area contributed by atoms with Gasteiger partial charge in [-0.2, -0.15) is 5.10 Å². The zero-order chi connectivity index (χ0) is 15.9. The molecule has 4 bridgehead atoms. The fraction of sp³-hybridized carbons (Fsp3) is 0.600. The molecular weight excluding hydrogens is 284 g/mol. The number of hydrogen-bond acceptors (Lipinski definition) is 2. The molecule has 1 aromatic rings. The second-order valence-corrected chi connectivity index (χ2v) is 8.09. The van der Waals surface area contributed by atoms with Crippen LogP contribution in [0.1, 0.15) is 51.0 Å². The minimum absolute atomic E-state index is 0.0136. The Labute approximate surface area is 138 Å². The highest BCUT2D eigenvalue weighted by Gasteiger charge is 2.52. The zero-order valence-corrected chi connectivity index (χ0v) is 13.9. The fourth-order valence-electron chi connectivity index (χ4n) is 5.64. The van der Waals surface area contributed by atoms with Crippen molar-refractivity contribution in [3.8, 4) is 0 Å². The average molecular weight is 310 g/mol. The van der Waals surface area contributed by atoms with E-state index in [-0.39, 0.29) is 11.3 Å². The Morgan fingerprint density at radius 1 is 1.09 bits per heavy atom. The molecule has 1 N–H and O–H groups in total. The number of amides is 1. The predicted octanol–water partition coefficient (Wildman–Crippen LogP) is 3.94. The van der Waals surface area contributed by atoms with Crippen molar-refractivity contribution in [2.75, 3.05) is 0 Å². The molecule has 1 amide bonds. The predicted molar refractivity (Wildman–Crippen MR) is 92.0 cm³/mol. The Hall–Kier alpha value is -1.64. The summed E-state index contributed by atoms with van der Waals surface area (Å²) in [6.45, 7) is 2.13. The summed E-state index contributed by atoms with van der Waals surface area (Å²) in [6, 6.07) is 9.86. The van der Waals surface area contributed by atoms with E-state index in [4.69, 9.17) is 0 Å². The third-order valence-electron chi connectivity index (χ3n) is 6.36. The molecule has 0 heterocycles. The lowest BCUT2D eigenvalue weighted by Crippen LogP contribution is -2.49. The van der Waals surface area contributed by atoms with E-state index in [9.17, 15) is 4.79 Å². The van der Waals surface area contributed by atoms with Crippen LogP contribution in [0.15, 0.2) is 35.4 Å². The van der Waals surface area contributed by atoms with Gasteiger partial charge in [-0.1, -0.05) is 30.3 Å². The van der Waals surface area contributed by atoms with Gasteiger partial charge in [-0.15, -0.1) is 0 Å². The molecule has 23 heavy (non-hydrogen) atoms. The smallest absolute Gasteiger partial charge is 0.244 e. The quantitative estimate of drug-likeness (QED) is 0.664. The Balaban J connectivity index is 1.41. The number of nitrogens with one attached hydrogen (secondary N) is 1. The average Bonchev–Trinajstić information content (AvgIpc) is 2.52. The Bertz CT molecular complexity index is 585. The number of nitrogens with zero attached hydrogens (tertiary/aromatic N) is 1. The van der Waals surface area contributed by atoms with Crippen molar-refractivity contribution in [1.29, 1.82) is 0 Å². The van der Waals surface area contributed by atoms with Crippen molar-refractivity contribution in [3.63, 3.8) is 0 Å². The topological polar surface area (TPSA) is 41.5 Å². The summed E-state index contributed by atoms with van der Waals surface area (Å²) in [4.78, 5) is 12.1. The van der Waals surface area contributed by atoms with Crippen molar-refractivity contribution in [2.24, 2.45) is 28.3 Å². The van der Waals surface area contributed by atoms with Crippen LogP contribution in [-0.4, -0.2) is 11.6 Å². The first kappa shape index (κ1) is 14.9. The molecular formula is C20H26N2O. The molecule has 3 heteroatoms. The number of carbonyl (C=O) groups is 1. The summed E-state index contributed by atoms with van der Waals surface area (Å²) >= 11 is 0. The third kappa shape index (κ3) is 2.93. The molecule has 4 fully saturated rings. The van der Waals surface area contributed by atoms with Gasteiger partial charge < -0.3 is 0 Å². The maximum Gasteiger partial charge on any atom is 0.244 e. The monoisotopic (exact) mass is 310 g/mol. The highest BCUT2D eigenvalue weighted by Crippen LogP contribution is 2.60. The summed E-state index contributed by atoms with van der Waals surface area (Å²) in [5, 5.41) is 4.53. The van der Waals surface area contributed by atoms with Gasteiger partial charge in [0.05, 0.1) is 6.42 Å². The number of carbonyl (C=O) groups excluding carboxylic acids is 1. The largest absolute Gasteiger partial charge is 0.273 e. The summed E-state index contributed by atoms with van der Waals surface area (Å²) in [5.41, 5.74) is 5.29. The van der Waals surface area contributed by atoms with Crippen molar-refractivity contribution in [1.82, 2.24) is 5.43 Å². The lowest BCUT2D eigenvalue weighted by atomic mass is 9.48. The van der Waals surface area contributed by atoms with Crippen LogP contribution in [0.4, 0.5) is 0 Å². The second-order valence-electron chi connectivity index (χ2n) is 8.09. The molecule has 0 saturated heterocycles. The van der Waals surface area contributed by atoms with Gasteiger partial charge in [0, 0.05) is 11.1 Å². The fourth-order valence-corrected chi connectivity index (χ4v) is 5.64. The van der Waals surface area contributed by atoms with E-state index in [0.29, 0.717) is 6.42 Å². The minimum Gasteiger partial charge on any atom is -0.273 e. The Morgan fingerprint density at radius 3 is 2.22 bits per heavy atom. The molecule has 3 nitrogen and oxygen atoms in total. The molecule has 122 valence electrons. The van der Waals surface area contributed by atoms with Crippen LogP contribution >= 0.6 is 0 Å². The molecule has 4 saturated carbocycles. The van der Waals surface area contributed by atoms with Gasteiger partial charge in [0.1, 0.15) is 0 Å². The molecule has 5 rings (SSSR count). The minimum atomic E-state index is -0.0136. The van der Waals surface area contributed by atoms with E-state index in [1.54, 1.807) is 0 Å². The first-order valence-electron chi connectivity index (χ1n) is 9.00. The van der Waals surface area contributed by atoms with Gasteiger partial charge >= 0.3 is 0 Å². The zero-order valence-electron chi connectivity index (χ0n) is 13.9. The van der Waals surface area contributed by atoms with Gasteiger partial charge in [-0.05, 0) is 68.8 Å². The lowest BCUT2D eigenvalue weighted by molar-refractivity contribution is -0.120. The number of hydrazone groups is 1. The van der Waals surface area contributed by atoms with Crippen LogP contribution in [0.2, 0.25) is 0 Å². The van der Waals surface area contributed by atoms with Crippen LogP contribution < -0.4 is 5.43 Å². The standard InChI is InChI=1S/C20H26N2O/c1-14(21-22-19(23)10-15-5-3-2-4-6-15)20-11-16-7-17(12-20)9-18(8-16)13-20/h2-6,16-18H,7-13H2,1H3,(H,22,23)/b21-14-. The first-order valence-corrected chi connectivity index (χ1v) is 9.00. The molecule has 4 aliphatic rings. The molecule has 0 aromatic heterocycles. The number of rotatable bonds is 4. The molecule has 4 aliphatic carbocycles. The molecule has 1 aromatic carbocycles. The lowest BCUT2D eigenvalue weighted by Gasteiger charge is -2.56. The second kappa shape index (κ2) is 5.77. The van der Waals surface area contributed by atoms with Crippen LogP contribution in [0.5, 0.6) is 0 Å². The Morgan fingerprint density at radius 2 is 1.65 bits per heavy atom. The van der Waals surface area contributed by atoms with Crippen LogP contribution in [0, 0.1) is 23.2 Å². The van der Waals surface area contributed by atoms with E-state index in [1.165, 1.54) is 38.5 Å². The maximum atomic E-state index is 12.1. The van der Waals surface area contributed by atoms with Crippen molar-refractivity contribution in [2.45, 2.75) is 51.9 Å². The summed E-state index contributed by atoms with van der Waals surface area (Å²) in [5.74, 6) is 2.71. The molecule has 0 spiro atoms. The molecule has 0 radical (unpaired) electrons. The van der Waals surface area contributed by atoms with Crippen LogP contribution in [0.25, 0.3) is 0 Å². The third-order valence-corrected chi connectivity index (χ3v) is 6.36. The highest BCUT2D eigenvalue weighted by atomic mass is 16.2. The van der Waals surface area contributed by atoms with E-state index in [1.807, 2.05) is 30.3 Å². The van der Waals surface area contributed by atoms with Gasteiger partial charge in [0.15, 0.2) is 0 Å². The van der Waals surface area contributed by atoms with Crippen molar-refractivity contribution < 1.29 is 4.79 Å². The number of hydrogen-bond donors (Lipinski definition) is 1. The van der Waals surface area contributed by atoms with Gasteiger partial charge in [-0.3, -0.25) is 4.79 Å². The van der Waals surface area contributed by atoms with Crippen molar-refractivity contribution >= 4 is 11.6 Å². The van der Waals surface area contributed by atoms with Crippen LogP contribution in [-0.2, 0) is 11.2 Å². The van der Waals surface area contributed by atoms with Crippen LogP contribution in [0.3, 0.4) is 0 Å². The first-order chi connectivity index (χ1) is 11.1. The Kier molecular flexibility index (Phi) is 3.74. The summed E-state index contributed by atoms with van der Waals surface area (Å²) in [6.07, 6.45) is 8.60. The van der Waals surface area contributed by atoms with E-state index < -0.39 is 0 Å². The van der Waals surface area contributed by atoms with E-state index in [2.05, 4.69) is 17.5 Å². The SMILES string of the molecule is C/C(=N/NC(=O)Cc1ccccc1)C12CC3CC(CC(C3)C1)C2. The summed E-state index contributed by atoms with van der Waals surface area (Å²) < 4.78 is 0.